The number of rotatable bonds is 6. The van der Waals surface area contributed by atoms with Crippen LogP contribution in [0.2, 0.25) is 0 Å². The minimum Gasteiger partial charge on any atom is -0.345 e. The normalized spacial score (nSPS) is 11.8. The van der Waals surface area contributed by atoms with E-state index in [1.54, 1.807) is 28.9 Å². The summed E-state index contributed by atoms with van der Waals surface area (Å²) in [4.78, 5) is 6.19. The van der Waals surface area contributed by atoms with Crippen LogP contribution < -0.4 is 0 Å². The van der Waals surface area contributed by atoms with Gasteiger partial charge >= 0.3 is 0 Å². The smallest absolute Gasteiger partial charge is 0.152 e. The van der Waals surface area contributed by atoms with Crippen molar-refractivity contribution >= 4 is 65.5 Å². The van der Waals surface area contributed by atoms with Gasteiger partial charge in [-0.2, -0.15) is 0 Å². The van der Waals surface area contributed by atoms with Gasteiger partial charge in [0.25, 0.3) is 0 Å². The van der Waals surface area contributed by atoms with Gasteiger partial charge in [0.15, 0.2) is 6.26 Å². The summed E-state index contributed by atoms with van der Waals surface area (Å²) in [5, 5.41) is 33.7. The molecule has 15 heteroatoms. The molecule has 12 nitrogen and oxygen atoms in total. The summed E-state index contributed by atoms with van der Waals surface area (Å²) < 4.78 is 22.3. The van der Waals surface area contributed by atoms with Crippen LogP contribution in [-0.2, 0) is 0 Å². The van der Waals surface area contributed by atoms with E-state index in [9.17, 15) is 0 Å². The number of aromatic nitrogens is 9. The van der Waals surface area contributed by atoms with Crippen LogP contribution in [0.5, 0.6) is 0 Å². The third kappa shape index (κ3) is 4.15. The Morgan fingerprint density at radius 2 is 1.48 bits per heavy atom. The van der Waals surface area contributed by atoms with E-state index in [1.165, 1.54) is 17.8 Å². The fourth-order valence-electron chi connectivity index (χ4n) is 6.16. The molecular formula is C33H15N9O3S3. The molecule has 48 heavy (non-hydrogen) atoms. The van der Waals surface area contributed by atoms with Crippen molar-refractivity contribution in [3.05, 3.63) is 90.6 Å². The molecule has 0 saturated carbocycles. The molecule has 6 aromatic heterocycles. The summed E-state index contributed by atoms with van der Waals surface area (Å²) in [6.07, 6.45) is 3.11. The molecule has 228 valence electrons. The van der Waals surface area contributed by atoms with Crippen LogP contribution >= 0.6 is 34.2 Å². The highest BCUT2D eigenvalue weighted by Crippen LogP contribution is 2.57. The van der Waals surface area contributed by atoms with Gasteiger partial charge < -0.3 is 4.52 Å². The predicted octanol–water partition coefficient (Wildman–Crippen LogP) is 8.67. The first-order valence-corrected chi connectivity index (χ1v) is 16.9. The molecule has 0 aliphatic heterocycles. The van der Waals surface area contributed by atoms with Crippen molar-refractivity contribution in [2.24, 2.45) is 0 Å². The Hall–Kier alpha value is -6.03. The zero-order valence-electron chi connectivity index (χ0n) is 24.1. The van der Waals surface area contributed by atoms with Crippen LogP contribution in [0.1, 0.15) is 0 Å². The fraction of sp³-hybridized carbons (Fsp3) is 0. The van der Waals surface area contributed by atoms with E-state index in [1.807, 2.05) is 53.9 Å². The van der Waals surface area contributed by atoms with Crippen LogP contribution in [-0.4, -0.2) is 45.6 Å². The van der Waals surface area contributed by atoms with Crippen molar-refractivity contribution in [1.29, 1.82) is 0 Å². The van der Waals surface area contributed by atoms with E-state index in [2.05, 4.69) is 64.8 Å². The van der Waals surface area contributed by atoms with Crippen molar-refractivity contribution in [3.63, 3.8) is 0 Å². The van der Waals surface area contributed by atoms with Gasteiger partial charge in [-0.05, 0) is 62.7 Å². The Balaban J connectivity index is 1.51. The van der Waals surface area contributed by atoms with Crippen LogP contribution in [0.15, 0.2) is 104 Å². The van der Waals surface area contributed by atoms with Gasteiger partial charge in [0, 0.05) is 59.2 Å². The number of fused-ring (bicyclic) bond motifs is 3. The monoisotopic (exact) mass is 681 g/mol. The van der Waals surface area contributed by atoms with Gasteiger partial charge in [0.05, 0.1) is 16.4 Å². The van der Waals surface area contributed by atoms with Gasteiger partial charge in [-0.1, -0.05) is 52.1 Å². The topological polar surface area (TPSA) is 155 Å². The summed E-state index contributed by atoms with van der Waals surface area (Å²) >= 11 is 4.49. The van der Waals surface area contributed by atoms with E-state index in [0.29, 0.717) is 44.8 Å². The molecule has 10 aromatic rings. The maximum atomic E-state index is 5.39. The molecule has 0 unspecified atom stereocenters. The molecule has 0 fully saturated rings. The van der Waals surface area contributed by atoms with Crippen molar-refractivity contribution < 1.29 is 13.8 Å². The zero-order chi connectivity index (χ0) is 31.6. The quantitative estimate of drug-likeness (QED) is 0.165. The summed E-state index contributed by atoms with van der Waals surface area (Å²) in [6, 6.07) is 24.3. The lowest BCUT2D eigenvalue weighted by molar-refractivity contribution is 0.308. The van der Waals surface area contributed by atoms with E-state index >= 15 is 0 Å². The van der Waals surface area contributed by atoms with Crippen molar-refractivity contribution in [2.75, 3.05) is 0 Å². The third-order valence-corrected chi connectivity index (χ3v) is 10.8. The first-order chi connectivity index (χ1) is 23.8. The average molecular weight is 682 g/mol. The summed E-state index contributed by atoms with van der Waals surface area (Å²) in [5.74, 6) is 0. The molecule has 0 aliphatic rings. The summed E-state index contributed by atoms with van der Waals surface area (Å²) in [7, 11) is 0. The summed E-state index contributed by atoms with van der Waals surface area (Å²) in [5.41, 5.74) is 8.87. The Morgan fingerprint density at radius 1 is 0.625 bits per heavy atom. The highest BCUT2D eigenvalue weighted by molar-refractivity contribution is 7.23. The lowest BCUT2D eigenvalue weighted by Gasteiger charge is -2.23. The minimum absolute atomic E-state index is 0.470. The van der Waals surface area contributed by atoms with Crippen LogP contribution in [0.4, 0.5) is 0 Å². The number of thiophene rings is 1. The van der Waals surface area contributed by atoms with Crippen molar-refractivity contribution in [1.82, 2.24) is 45.6 Å². The highest BCUT2D eigenvalue weighted by Gasteiger charge is 2.35. The van der Waals surface area contributed by atoms with Gasteiger partial charge in [0.1, 0.15) is 33.1 Å². The number of hydrogen-bond donors (Lipinski definition) is 0. The Kier molecular flexibility index (Phi) is 6.08. The number of benzene rings is 4. The molecule has 10 rings (SSSR count). The SMILES string of the molecule is c1ccc2sc(-c3c(-c4nc5ccccc5s4)c(-c4conn4)c(-c4csnn4)c(-c4cnon4)c3-c3cccc4nonc34)cc2c1. The number of thiazole rings is 1. The number of nitrogens with zero attached hydrogens (tertiary/aromatic N) is 9. The molecule has 0 N–H and O–H groups in total. The average Bonchev–Trinajstić information content (AvgIpc) is 3.98. The van der Waals surface area contributed by atoms with Gasteiger partial charge in [-0.15, -0.1) is 32.9 Å². The standard InChI is InChI=1S/C33H15N9O3S3/c1-3-10-23-16(6-1)12-25(47-23)30-26(17-7-5-9-19-32(17)40-45-38-19)27(20-13-34-44-39-20)29(22-15-46-42-37-22)28(21-14-43-41-36-21)31(30)33-35-18-8-2-4-11-24(18)48-33/h1-15H. The summed E-state index contributed by atoms with van der Waals surface area (Å²) in [6.45, 7) is 0. The second-order valence-electron chi connectivity index (χ2n) is 10.7. The van der Waals surface area contributed by atoms with Crippen LogP contribution in [0.3, 0.4) is 0 Å². The zero-order valence-corrected chi connectivity index (χ0v) is 26.6. The molecule has 0 atom stereocenters. The van der Waals surface area contributed by atoms with Gasteiger partial charge in [-0.25, -0.2) is 14.2 Å². The third-order valence-electron chi connectivity index (χ3n) is 8.08. The van der Waals surface area contributed by atoms with Crippen LogP contribution in [0.25, 0.3) is 97.2 Å². The largest absolute Gasteiger partial charge is 0.345 e. The first kappa shape index (κ1) is 27.1. The molecule has 6 heterocycles. The fourth-order valence-corrected chi connectivity index (χ4v) is 8.75. The molecule has 0 amide bonds. The molecule has 4 aromatic carbocycles. The predicted molar refractivity (Wildman–Crippen MR) is 182 cm³/mol. The van der Waals surface area contributed by atoms with E-state index < -0.39 is 0 Å². The first-order valence-electron chi connectivity index (χ1n) is 14.4. The van der Waals surface area contributed by atoms with E-state index in [4.69, 9.17) is 18.8 Å². The second-order valence-corrected chi connectivity index (χ2v) is 13.4. The molecular weight excluding hydrogens is 667 g/mol. The van der Waals surface area contributed by atoms with E-state index in [0.717, 1.165) is 52.4 Å². The van der Waals surface area contributed by atoms with Gasteiger partial charge in [-0.3, -0.25) is 0 Å². The highest BCUT2D eigenvalue weighted by atomic mass is 32.1. The van der Waals surface area contributed by atoms with E-state index in [-0.39, 0.29) is 0 Å². The molecule has 0 aliphatic carbocycles. The lowest BCUT2D eigenvalue weighted by atomic mass is 9.80. The van der Waals surface area contributed by atoms with Crippen LogP contribution in [0, 0.1) is 0 Å². The van der Waals surface area contributed by atoms with Crippen molar-refractivity contribution in [3.8, 4) is 65.9 Å². The molecule has 0 spiro atoms. The Labute approximate surface area is 280 Å². The maximum Gasteiger partial charge on any atom is 0.152 e. The second kappa shape index (κ2) is 10.8. The minimum atomic E-state index is 0.470. The molecule has 0 bridgehead atoms. The Morgan fingerprint density at radius 3 is 2.29 bits per heavy atom. The lowest BCUT2D eigenvalue weighted by Crippen LogP contribution is -2.02. The molecule has 0 radical (unpaired) electrons. The Bertz CT molecular complexity index is 2680. The number of hydrogen-bond acceptors (Lipinski definition) is 15. The number of para-hydroxylation sites is 1. The van der Waals surface area contributed by atoms with Gasteiger partial charge in [0.2, 0.25) is 0 Å². The molecule has 0 saturated heterocycles. The maximum absolute atomic E-state index is 5.39. The van der Waals surface area contributed by atoms with Crippen molar-refractivity contribution in [2.45, 2.75) is 0 Å².